The number of nitrogens with zero attached hydrogens (tertiary/aromatic N) is 2. The maximum Gasteiger partial charge on any atom is 0.271 e. The zero-order chi connectivity index (χ0) is 27.9. The second-order valence-corrected chi connectivity index (χ2v) is 11.1. The van der Waals surface area contributed by atoms with Crippen LogP contribution in [0.4, 0.5) is 10.8 Å². The van der Waals surface area contributed by atoms with Crippen LogP contribution < -0.4 is 15.5 Å². The van der Waals surface area contributed by atoms with Gasteiger partial charge in [0.1, 0.15) is 12.4 Å². The van der Waals surface area contributed by atoms with Crippen LogP contribution in [0.3, 0.4) is 0 Å². The summed E-state index contributed by atoms with van der Waals surface area (Å²) in [6.45, 7) is 0.304. The summed E-state index contributed by atoms with van der Waals surface area (Å²) >= 11 is 17.2. The number of carbonyl (C=O) groups is 1. The van der Waals surface area contributed by atoms with Crippen LogP contribution in [0.15, 0.2) is 106 Å². The number of hydrogen-bond acceptors (Lipinski definition) is 6. The Balaban J connectivity index is 1.20. The molecular formula is C30H21BrCl2N4O2S. The Morgan fingerprint density at radius 2 is 1.77 bits per heavy atom. The van der Waals surface area contributed by atoms with E-state index in [0.717, 1.165) is 32.1 Å². The smallest absolute Gasteiger partial charge is 0.271 e. The molecule has 1 amide bonds. The van der Waals surface area contributed by atoms with Gasteiger partial charge in [-0.05, 0) is 60.7 Å². The van der Waals surface area contributed by atoms with Crippen molar-refractivity contribution in [2.24, 2.45) is 5.10 Å². The number of aromatic nitrogens is 1. The van der Waals surface area contributed by atoms with Crippen molar-refractivity contribution in [3.63, 3.8) is 0 Å². The fourth-order valence-electron chi connectivity index (χ4n) is 3.66. The van der Waals surface area contributed by atoms with E-state index in [2.05, 4.69) is 36.8 Å². The first-order chi connectivity index (χ1) is 19.4. The number of anilines is 2. The summed E-state index contributed by atoms with van der Waals surface area (Å²) in [4.78, 5) is 17.3. The van der Waals surface area contributed by atoms with Crippen LogP contribution in [0.2, 0.25) is 10.0 Å². The fourth-order valence-corrected chi connectivity index (χ4v) is 5.10. The molecule has 2 N–H and O–H groups in total. The van der Waals surface area contributed by atoms with Gasteiger partial charge in [-0.2, -0.15) is 5.10 Å². The van der Waals surface area contributed by atoms with Crippen LogP contribution in [-0.2, 0) is 6.61 Å². The van der Waals surface area contributed by atoms with Gasteiger partial charge in [-0.1, -0.05) is 69.5 Å². The van der Waals surface area contributed by atoms with E-state index in [1.54, 1.807) is 18.3 Å². The van der Waals surface area contributed by atoms with Crippen LogP contribution in [0, 0.1) is 0 Å². The fraction of sp³-hybridized carbons (Fsp3) is 0.0333. The van der Waals surface area contributed by atoms with Crippen molar-refractivity contribution in [2.45, 2.75) is 6.61 Å². The second-order valence-electron chi connectivity index (χ2n) is 8.51. The molecule has 4 aromatic carbocycles. The molecule has 5 rings (SSSR count). The Kier molecular flexibility index (Phi) is 9.13. The monoisotopic (exact) mass is 650 g/mol. The molecule has 1 heterocycles. The second kappa shape index (κ2) is 13.1. The SMILES string of the molecule is O=C(N/N=C\c1cc(Br)ccc1OCc1ccccc1Cl)c1ccc(-c2csc(Nc3ccc(Cl)cc3)n2)cc1. The van der Waals surface area contributed by atoms with Crippen LogP contribution in [0.25, 0.3) is 11.3 Å². The minimum atomic E-state index is -0.334. The highest BCUT2D eigenvalue weighted by atomic mass is 79.9. The van der Waals surface area contributed by atoms with E-state index >= 15 is 0 Å². The van der Waals surface area contributed by atoms with E-state index in [1.165, 1.54) is 11.3 Å². The highest BCUT2D eigenvalue weighted by molar-refractivity contribution is 9.10. The molecule has 0 fully saturated rings. The van der Waals surface area contributed by atoms with Gasteiger partial charge in [0, 0.05) is 47.8 Å². The van der Waals surface area contributed by atoms with Gasteiger partial charge in [0.05, 0.1) is 11.9 Å². The zero-order valence-electron chi connectivity index (χ0n) is 20.8. The first-order valence-corrected chi connectivity index (χ1v) is 14.5. The summed E-state index contributed by atoms with van der Waals surface area (Å²) in [6, 6.07) is 27.7. The van der Waals surface area contributed by atoms with Crippen LogP contribution >= 0.6 is 50.5 Å². The van der Waals surface area contributed by atoms with Gasteiger partial charge < -0.3 is 10.1 Å². The van der Waals surface area contributed by atoms with Crippen LogP contribution in [0.5, 0.6) is 5.75 Å². The predicted molar refractivity (Wildman–Crippen MR) is 167 cm³/mol. The lowest BCUT2D eigenvalue weighted by Gasteiger charge is -2.10. The normalized spacial score (nSPS) is 11.0. The quantitative estimate of drug-likeness (QED) is 0.123. The van der Waals surface area contributed by atoms with Crippen molar-refractivity contribution in [2.75, 3.05) is 5.32 Å². The van der Waals surface area contributed by atoms with Gasteiger partial charge in [-0.3, -0.25) is 4.79 Å². The number of nitrogens with one attached hydrogen (secondary N) is 2. The molecule has 1 aromatic heterocycles. The number of halogens is 3. The van der Waals surface area contributed by atoms with Gasteiger partial charge in [0.2, 0.25) is 0 Å². The van der Waals surface area contributed by atoms with Gasteiger partial charge in [-0.15, -0.1) is 11.3 Å². The molecule has 40 heavy (non-hydrogen) atoms. The molecule has 0 unspecified atom stereocenters. The number of ether oxygens (including phenoxy) is 1. The summed E-state index contributed by atoms with van der Waals surface area (Å²) in [5, 5.41) is 11.4. The first kappa shape index (κ1) is 27.9. The molecule has 0 atom stereocenters. The number of hydrogen-bond donors (Lipinski definition) is 2. The third-order valence-electron chi connectivity index (χ3n) is 5.73. The maximum absolute atomic E-state index is 12.7. The lowest BCUT2D eigenvalue weighted by atomic mass is 10.1. The van der Waals surface area contributed by atoms with Crippen molar-refractivity contribution in [1.29, 1.82) is 0 Å². The Bertz CT molecular complexity index is 1660. The van der Waals surface area contributed by atoms with Crippen molar-refractivity contribution in [3.05, 3.63) is 128 Å². The van der Waals surface area contributed by atoms with Crippen molar-refractivity contribution >= 4 is 73.4 Å². The standard InChI is InChI=1S/C30H21BrCl2N4O2S/c31-23-9-14-28(39-17-21-3-1-2-4-26(21)33)22(15-23)16-34-37-29(38)20-7-5-19(6-8-20)27-18-40-30(36-27)35-25-12-10-24(32)11-13-25/h1-16,18H,17H2,(H,35,36)(H,37,38)/b34-16-. The van der Waals surface area contributed by atoms with Crippen LogP contribution in [0.1, 0.15) is 21.5 Å². The van der Waals surface area contributed by atoms with E-state index in [0.29, 0.717) is 33.5 Å². The molecule has 0 spiro atoms. The summed E-state index contributed by atoms with van der Waals surface area (Å²) < 4.78 is 6.83. The Hall–Kier alpha value is -3.69. The number of carbonyl (C=O) groups excluding carboxylic acids is 1. The average Bonchev–Trinajstić information content (AvgIpc) is 3.43. The lowest BCUT2D eigenvalue weighted by Crippen LogP contribution is -2.17. The molecule has 0 aliphatic carbocycles. The summed E-state index contributed by atoms with van der Waals surface area (Å²) in [6.07, 6.45) is 1.55. The largest absolute Gasteiger partial charge is 0.488 e. The molecule has 0 saturated carbocycles. The molecule has 5 aromatic rings. The molecule has 0 saturated heterocycles. The summed E-state index contributed by atoms with van der Waals surface area (Å²) in [5.74, 6) is 0.276. The topological polar surface area (TPSA) is 75.6 Å². The Morgan fingerprint density at radius 3 is 2.55 bits per heavy atom. The number of benzene rings is 4. The van der Waals surface area contributed by atoms with E-state index in [9.17, 15) is 4.79 Å². The Morgan fingerprint density at radius 1 is 1.00 bits per heavy atom. The lowest BCUT2D eigenvalue weighted by molar-refractivity contribution is 0.0955. The molecule has 0 radical (unpaired) electrons. The average molecular weight is 652 g/mol. The molecule has 200 valence electrons. The van der Waals surface area contributed by atoms with E-state index in [4.69, 9.17) is 27.9 Å². The molecule has 6 nitrogen and oxygen atoms in total. The van der Waals surface area contributed by atoms with Crippen molar-refractivity contribution in [3.8, 4) is 17.0 Å². The van der Waals surface area contributed by atoms with Crippen molar-refractivity contribution in [1.82, 2.24) is 10.4 Å². The minimum absolute atomic E-state index is 0.304. The molecule has 10 heteroatoms. The van der Waals surface area contributed by atoms with E-state index < -0.39 is 0 Å². The number of rotatable bonds is 9. The number of hydrazone groups is 1. The number of thiazole rings is 1. The third kappa shape index (κ3) is 7.28. The maximum atomic E-state index is 12.7. The van der Waals surface area contributed by atoms with E-state index in [-0.39, 0.29) is 5.91 Å². The van der Waals surface area contributed by atoms with Gasteiger partial charge in [0.15, 0.2) is 5.13 Å². The van der Waals surface area contributed by atoms with Gasteiger partial charge in [-0.25, -0.2) is 10.4 Å². The molecular weight excluding hydrogens is 631 g/mol. The highest BCUT2D eigenvalue weighted by Crippen LogP contribution is 2.28. The highest BCUT2D eigenvalue weighted by Gasteiger charge is 2.09. The van der Waals surface area contributed by atoms with E-state index in [1.807, 2.05) is 84.2 Å². The summed E-state index contributed by atoms with van der Waals surface area (Å²) in [7, 11) is 0. The summed E-state index contributed by atoms with van der Waals surface area (Å²) in [5.41, 5.74) is 7.23. The van der Waals surface area contributed by atoms with Gasteiger partial charge >= 0.3 is 0 Å². The predicted octanol–water partition coefficient (Wildman–Crippen LogP) is 8.97. The van der Waals surface area contributed by atoms with Crippen molar-refractivity contribution < 1.29 is 9.53 Å². The third-order valence-corrected chi connectivity index (χ3v) is 7.60. The van der Waals surface area contributed by atoms with Crippen LogP contribution in [-0.4, -0.2) is 17.1 Å². The first-order valence-electron chi connectivity index (χ1n) is 12.0. The molecule has 0 aliphatic rings. The van der Waals surface area contributed by atoms with Gasteiger partial charge in [0.25, 0.3) is 5.91 Å². The number of amides is 1. The molecule has 0 aliphatic heterocycles. The zero-order valence-corrected chi connectivity index (χ0v) is 24.7. The minimum Gasteiger partial charge on any atom is -0.488 e. The molecule has 0 bridgehead atoms. The Labute approximate surface area is 253 Å².